The van der Waals surface area contributed by atoms with Crippen LogP contribution in [-0.4, -0.2) is 29.4 Å². The molecule has 1 nitrogen and oxygen atoms in total. The van der Waals surface area contributed by atoms with Crippen LogP contribution in [0, 0.1) is 0 Å². The van der Waals surface area contributed by atoms with Crippen LogP contribution < -0.4 is 0 Å². The second-order valence-corrected chi connectivity index (χ2v) is 4.22. The van der Waals surface area contributed by atoms with Crippen molar-refractivity contribution in [3.8, 4) is 0 Å². The third-order valence-electron chi connectivity index (χ3n) is 2.52. The van der Waals surface area contributed by atoms with Crippen molar-refractivity contribution < 1.29 is 0 Å². The highest BCUT2D eigenvalue weighted by Gasteiger charge is 2.16. The van der Waals surface area contributed by atoms with Gasteiger partial charge in [0.1, 0.15) is 0 Å². The van der Waals surface area contributed by atoms with E-state index in [-0.39, 0.29) is 17.0 Å². The Morgan fingerprint density at radius 1 is 1.42 bits per heavy atom. The highest BCUT2D eigenvalue weighted by molar-refractivity contribution is 9.09. The number of piperidine rings is 1. The topological polar surface area (TPSA) is 3.24 Å². The van der Waals surface area contributed by atoms with Crippen molar-refractivity contribution in [2.45, 2.75) is 38.6 Å². The van der Waals surface area contributed by atoms with Crippen molar-refractivity contribution in [1.29, 1.82) is 0 Å². The van der Waals surface area contributed by atoms with Crippen LogP contribution in [0.3, 0.4) is 0 Å². The van der Waals surface area contributed by atoms with Crippen molar-refractivity contribution in [3.63, 3.8) is 0 Å². The number of hydrogen-bond acceptors (Lipinski definition) is 1. The van der Waals surface area contributed by atoms with Crippen LogP contribution in [0.1, 0.15) is 32.6 Å². The summed E-state index contributed by atoms with van der Waals surface area (Å²) >= 11 is 3.47. The number of nitrogens with zero attached hydrogens (tertiary/aromatic N) is 1. The molecular weight excluding hydrogens is 282 g/mol. The number of hydrogen-bond donors (Lipinski definition) is 0. The van der Waals surface area contributed by atoms with Crippen LogP contribution >= 0.6 is 32.9 Å². The third kappa shape index (κ3) is 4.24. The molecule has 1 saturated heterocycles. The highest BCUT2D eigenvalue weighted by atomic mass is 79.9. The zero-order chi connectivity index (χ0) is 8.10. The lowest BCUT2D eigenvalue weighted by atomic mass is 10.0. The Labute approximate surface area is 94.8 Å². The molecule has 1 fully saturated rings. The maximum Gasteiger partial charge on any atom is 0.00669 e. The molecule has 0 aromatic carbocycles. The van der Waals surface area contributed by atoms with Gasteiger partial charge < -0.3 is 4.90 Å². The van der Waals surface area contributed by atoms with Crippen LogP contribution in [0.5, 0.6) is 0 Å². The molecule has 1 atom stereocenters. The van der Waals surface area contributed by atoms with Crippen molar-refractivity contribution >= 4 is 32.9 Å². The van der Waals surface area contributed by atoms with E-state index in [1.807, 2.05) is 0 Å². The average Bonchev–Trinajstić information content (AvgIpc) is 2.03. The maximum atomic E-state index is 3.47. The van der Waals surface area contributed by atoms with Crippen LogP contribution in [0.4, 0.5) is 0 Å². The zero-order valence-electron chi connectivity index (χ0n) is 7.76. The molecule has 0 aromatic rings. The number of rotatable bonds is 3. The van der Waals surface area contributed by atoms with Crippen molar-refractivity contribution in [2.75, 3.05) is 18.4 Å². The third-order valence-corrected chi connectivity index (χ3v) is 3.08. The minimum Gasteiger partial charge on any atom is -0.301 e. The van der Waals surface area contributed by atoms with E-state index in [4.69, 9.17) is 0 Å². The predicted molar refractivity (Wildman–Crippen MR) is 63.6 cm³/mol. The van der Waals surface area contributed by atoms with E-state index in [0.717, 1.165) is 11.4 Å². The molecule has 0 aliphatic carbocycles. The van der Waals surface area contributed by atoms with E-state index >= 15 is 0 Å². The molecule has 0 amide bonds. The van der Waals surface area contributed by atoms with E-state index in [1.165, 1.54) is 38.8 Å². The largest absolute Gasteiger partial charge is 0.301 e. The van der Waals surface area contributed by atoms with Crippen LogP contribution in [0.15, 0.2) is 0 Å². The SMILES string of the molecule is Br.CC1CCCCN1CCCBr. The second-order valence-electron chi connectivity index (χ2n) is 3.42. The Bertz CT molecular complexity index is 109. The summed E-state index contributed by atoms with van der Waals surface area (Å²) in [5, 5.41) is 1.15. The first kappa shape index (κ1) is 12.9. The standard InChI is InChI=1S/C9H18BrN.BrH/c1-9-5-2-3-7-11(9)8-4-6-10;/h9H,2-8H2,1H3;1H. The first-order chi connectivity index (χ1) is 5.34. The van der Waals surface area contributed by atoms with Gasteiger partial charge in [-0.2, -0.15) is 0 Å². The number of likely N-dealkylation sites (tertiary alicyclic amines) is 1. The predicted octanol–water partition coefficient (Wildman–Crippen LogP) is 3.22. The molecule has 0 N–H and O–H groups in total. The Hall–Kier alpha value is 0.920. The average molecular weight is 301 g/mol. The fourth-order valence-corrected chi connectivity index (χ4v) is 2.00. The summed E-state index contributed by atoms with van der Waals surface area (Å²) in [4.78, 5) is 2.62. The fourth-order valence-electron chi connectivity index (χ4n) is 1.75. The highest BCUT2D eigenvalue weighted by Crippen LogP contribution is 2.16. The monoisotopic (exact) mass is 299 g/mol. The summed E-state index contributed by atoms with van der Waals surface area (Å²) in [7, 11) is 0. The normalized spacial score (nSPS) is 25.0. The van der Waals surface area contributed by atoms with Crippen LogP contribution in [-0.2, 0) is 0 Å². The van der Waals surface area contributed by atoms with Gasteiger partial charge in [-0.05, 0) is 39.3 Å². The van der Waals surface area contributed by atoms with Crippen molar-refractivity contribution in [1.82, 2.24) is 4.90 Å². The first-order valence-electron chi connectivity index (χ1n) is 4.64. The van der Waals surface area contributed by atoms with Gasteiger partial charge in [-0.3, -0.25) is 0 Å². The van der Waals surface area contributed by atoms with Crippen molar-refractivity contribution in [3.05, 3.63) is 0 Å². The van der Waals surface area contributed by atoms with Gasteiger partial charge in [0.05, 0.1) is 0 Å². The molecule has 1 heterocycles. The van der Waals surface area contributed by atoms with E-state index in [0.29, 0.717) is 0 Å². The van der Waals surface area contributed by atoms with E-state index < -0.39 is 0 Å². The molecular formula is C9H19Br2N. The van der Waals surface area contributed by atoms with Crippen molar-refractivity contribution in [2.24, 2.45) is 0 Å². The van der Waals surface area contributed by atoms with Gasteiger partial charge in [0.2, 0.25) is 0 Å². The number of alkyl halides is 1. The molecule has 1 unspecified atom stereocenters. The molecule has 74 valence electrons. The minimum atomic E-state index is 0. The Balaban J connectivity index is 0.00000121. The van der Waals surface area contributed by atoms with Gasteiger partial charge in [-0.25, -0.2) is 0 Å². The second kappa shape index (κ2) is 7.34. The van der Waals surface area contributed by atoms with E-state index in [2.05, 4.69) is 27.8 Å². The summed E-state index contributed by atoms with van der Waals surface area (Å²) in [6.45, 7) is 4.97. The van der Waals surface area contributed by atoms with Crippen LogP contribution in [0.25, 0.3) is 0 Å². The molecule has 0 spiro atoms. The molecule has 0 bridgehead atoms. The maximum absolute atomic E-state index is 3.47. The van der Waals surface area contributed by atoms with Gasteiger partial charge >= 0.3 is 0 Å². The molecule has 1 rings (SSSR count). The smallest absolute Gasteiger partial charge is 0.00669 e. The van der Waals surface area contributed by atoms with Gasteiger partial charge in [0, 0.05) is 11.4 Å². The van der Waals surface area contributed by atoms with Gasteiger partial charge in [0.15, 0.2) is 0 Å². The van der Waals surface area contributed by atoms with E-state index in [1.54, 1.807) is 0 Å². The van der Waals surface area contributed by atoms with Gasteiger partial charge in [0.25, 0.3) is 0 Å². The Morgan fingerprint density at radius 3 is 2.75 bits per heavy atom. The Kier molecular flexibility index (Phi) is 7.90. The van der Waals surface area contributed by atoms with Gasteiger partial charge in [-0.1, -0.05) is 22.4 Å². The summed E-state index contributed by atoms with van der Waals surface area (Å²) in [6.07, 6.45) is 5.55. The molecule has 0 radical (unpaired) electrons. The quantitative estimate of drug-likeness (QED) is 0.724. The fraction of sp³-hybridized carbons (Fsp3) is 1.00. The molecule has 1 aliphatic rings. The molecule has 3 heteroatoms. The summed E-state index contributed by atoms with van der Waals surface area (Å²) in [5.41, 5.74) is 0. The lowest BCUT2D eigenvalue weighted by Gasteiger charge is -2.33. The molecule has 0 saturated carbocycles. The summed E-state index contributed by atoms with van der Waals surface area (Å²) in [6, 6.07) is 0.836. The Morgan fingerprint density at radius 2 is 2.17 bits per heavy atom. The number of halogens is 2. The first-order valence-corrected chi connectivity index (χ1v) is 5.76. The summed E-state index contributed by atoms with van der Waals surface area (Å²) < 4.78 is 0. The summed E-state index contributed by atoms with van der Waals surface area (Å²) in [5.74, 6) is 0. The molecule has 12 heavy (non-hydrogen) atoms. The lowest BCUT2D eigenvalue weighted by Crippen LogP contribution is -2.38. The lowest BCUT2D eigenvalue weighted by molar-refractivity contribution is 0.162. The molecule has 0 aromatic heterocycles. The van der Waals surface area contributed by atoms with E-state index in [9.17, 15) is 0 Å². The van der Waals surface area contributed by atoms with Crippen LogP contribution in [0.2, 0.25) is 0 Å². The minimum absolute atomic E-state index is 0. The zero-order valence-corrected chi connectivity index (χ0v) is 11.1. The molecule has 1 aliphatic heterocycles. The van der Waals surface area contributed by atoms with Gasteiger partial charge in [-0.15, -0.1) is 17.0 Å².